The van der Waals surface area contributed by atoms with E-state index in [1.165, 1.54) is 11.3 Å². The third-order valence-corrected chi connectivity index (χ3v) is 3.30. The Hall–Kier alpha value is -1.06. The average molecular weight is 250 g/mol. The van der Waals surface area contributed by atoms with E-state index in [9.17, 15) is 0 Å². The molecule has 0 bridgehead atoms. The Balaban J connectivity index is 2.32. The van der Waals surface area contributed by atoms with E-state index in [1.807, 2.05) is 6.92 Å². The van der Waals surface area contributed by atoms with E-state index in [-0.39, 0.29) is 6.61 Å². The van der Waals surface area contributed by atoms with Gasteiger partial charge in [0.1, 0.15) is 0 Å². The summed E-state index contributed by atoms with van der Waals surface area (Å²) in [6.45, 7) is 5.08. The maximum absolute atomic E-state index is 9.08. The lowest BCUT2D eigenvalue weighted by Gasteiger charge is -2.23. The molecule has 0 aliphatic heterocycles. The first-order valence-electron chi connectivity index (χ1n) is 6.62. The Bertz CT molecular complexity index is 363. The molecule has 0 radical (unpaired) electrons. The molecular weight excluding hydrogens is 224 g/mol. The molecule has 3 nitrogen and oxygen atoms in total. The fourth-order valence-corrected chi connectivity index (χ4v) is 1.95. The number of hydrogen-bond donors (Lipinski definition) is 2. The van der Waals surface area contributed by atoms with Crippen molar-refractivity contribution in [3.05, 3.63) is 29.8 Å². The van der Waals surface area contributed by atoms with Gasteiger partial charge in [-0.1, -0.05) is 12.1 Å². The third-order valence-electron chi connectivity index (χ3n) is 3.30. The van der Waals surface area contributed by atoms with Crippen molar-refractivity contribution >= 4 is 5.69 Å². The van der Waals surface area contributed by atoms with Gasteiger partial charge < -0.3 is 15.7 Å². The molecule has 0 saturated carbocycles. The summed E-state index contributed by atoms with van der Waals surface area (Å²) in [5.41, 5.74) is 8.01. The Morgan fingerprint density at radius 2 is 2.06 bits per heavy atom. The molecule has 0 heterocycles. The maximum atomic E-state index is 9.08. The second-order valence-electron chi connectivity index (χ2n) is 5.53. The standard InChI is InChI=1S/C15H26N2O/c1-13-7-6-8-14(11-13)17(3)10-5-4-9-15(2,16)12-18/h6-8,11,18H,4-5,9-10,12,16H2,1-3H3. The molecule has 18 heavy (non-hydrogen) atoms. The van der Waals surface area contributed by atoms with Crippen molar-refractivity contribution in [2.45, 2.75) is 38.6 Å². The minimum Gasteiger partial charge on any atom is -0.394 e. The first kappa shape index (κ1) is 15.0. The number of nitrogens with two attached hydrogens (primary N) is 1. The van der Waals surface area contributed by atoms with Crippen LogP contribution in [0.1, 0.15) is 31.7 Å². The highest BCUT2D eigenvalue weighted by atomic mass is 16.3. The van der Waals surface area contributed by atoms with Crippen molar-refractivity contribution in [2.24, 2.45) is 5.73 Å². The topological polar surface area (TPSA) is 49.5 Å². The van der Waals surface area contributed by atoms with Gasteiger partial charge in [0.25, 0.3) is 0 Å². The van der Waals surface area contributed by atoms with Crippen LogP contribution >= 0.6 is 0 Å². The molecule has 0 aliphatic rings. The molecule has 0 spiro atoms. The Morgan fingerprint density at radius 1 is 1.33 bits per heavy atom. The van der Waals surface area contributed by atoms with Gasteiger partial charge in [0.2, 0.25) is 0 Å². The monoisotopic (exact) mass is 250 g/mol. The number of rotatable bonds is 7. The van der Waals surface area contributed by atoms with Crippen LogP contribution in [0.3, 0.4) is 0 Å². The number of anilines is 1. The summed E-state index contributed by atoms with van der Waals surface area (Å²) in [7, 11) is 2.11. The zero-order valence-corrected chi connectivity index (χ0v) is 11.8. The predicted octanol–water partition coefficient (Wildman–Crippen LogP) is 2.31. The number of aliphatic hydroxyl groups is 1. The Labute approximate surface area is 111 Å². The zero-order chi connectivity index (χ0) is 13.6. The SMILES string of the molecule is Cc1cccc(N(C)CCCCC(C)(N)CO)c1. The van der Waals surface area contributed by atoms with E-state index >= 15 is 0 Å². The lowest BCUT2D eigenvalue weighted by molar-refractivity contribution is 0.197. The highest BCUT2D eigenvalue weighted by Crippen LogP contribution is 2.16. The van der Waals surface area contributed by atoms with Crippen molar-refractivity contribution < 1.29 is 5.11 Å². The maximum Gasteiger partial charge on any atom is 0.0608 e. The molecule has 3 N–H and O–H groups in total. The fraction of sp³-hybridized carbons (Fsp3) is 0.600. The highest BCUT2D eigenvalue weighted by Gasteiger charge is 2.15. The molecule has 1 unspecified atom stereocenters. The second kappa shape index (κ2) is 6.76. The fourth-order valence-electron chi connectivity index (χ4n) is 1.95. The lowest BCUT2D eigenvalue weighted by Crippen LogP contribution is -2.40. The van der Waals surface area contributed by atoms with E-state index < -0.39 is 5.54 Å². The van der Waals surface area contributed by atoms with Gasteiger partial charge in [-0.25, -0.2) is 0 Å². The van der Waals surface area contributed by atoms with Crippen LogP contribution in [0.25, 0.3) is 0 Å². The summed E-state index contributed by atoms with van der Waals surface area (Å²) >= 11 is 0. The van der Waals surface area contributed by atoms with Crippen LogP contribution in [-0.2, 0) is 0 Å². The minimum atomic E-state index is -0.429. The van der Waals surface area contributed by atoms with Gasteiger partial charge in [-0.3, -0.25) is 0 Å². The number of nitrogens with zero attached hydrogens (tertiary/aromatic N) is 1. The molecule has 1 rings (SSSR count). The van der Waals surface area contributed by atoms with Crippen LogP contribution in [0.5, 0.6) is 0 Å². The van der Waals surface area contributed by atoms with Crippen LogP contribution in [0, 0.1) is 6.92 Å². The van der Waals surface area contributed by atoms with Crippen LogP contribution in [0.4, 0.5) is 5.69 Å². The number of aliphatic hydroxyl groups excluding tert-OH is 1. The summed E-state index contributed by atoms with van der Waals surface area (Å²) < 4.78 is 0. The predicted molar refractivity (Wildman–Crippen MR) is 78.0 cm³/mol. The summed E-state index contributed by atoms with van der Waals surface area (Å²) in [6, 6.07) is 8.52. The molecule has 3 heteroatoms. The van der Waals surface area contributed by atoms with Crippen molar-refractivity contribution in [1.82, 2.24) is 0 Å². The number of hydrogen-bond acceptors (Lipinski definition) is 3. The van der Waals surface area contributed by atoms with E-state index in [0.717, 1.165) is 25.8 Å². The van der Waals surface area contributed by atoms with Gasteiger partial charge in [-0.15, -0.1) is 0 Å². The van der Waals surface area contributed by atoms with Crippen molar-refractivity contribution in [3.63, 3.8) is 0 Å². The first-order valence-corrected chi connectivity index (χ1v) is 6.62. The molecule has 102 valence electrons. The second-order valence-corrected chi connectivity index (χ2v) is 5.53. The van der Waals surface area contributed by atoms with Crippen molar-refractivity contribution in [1.29, 1.82) is 0 Å². The highest BCUT2D eigenvalue weighted by molar-refractivity contribution is 5.47. The molecule has 1 atom stereocenters. The van der Waals surface area contributed by atoms with E-state index in [4.69, 9.17) is 10.8 Å². The Morgan fingerprint density at radius 3 is 2.67 bits per heavy atom. The van der Waals surface area contributed by atoms with Crippen molar-refractivity contribution in [2.75, 3.05) is 25.1 Å². The van der Waals surface area contributed by atoms with Gasteiger partial charge in [0.15, 0.2) is 0 Å². The molecule has 1 aromatic carbocycles. The first-order chi connectivity index (χ1) is 8.44. The summed E-state index contributed by atoms with van der Waals surface area (Å²) in [6.07, 6.45) is 3.01. The lowest BCUT2D eigenvalue weighted by atomic mass is 9.97. The molecule has 0 fully saturated rings. The van der Waals surface area contributed by atoms with Crippen LogP contribution < -0.4 is 10.6 Å². The van der Waals surface area contributed by atoms with Gasteiger partial charge in [-0.05, 0) is 50.8 Å². The quantitative estimate of drug-likeness (QED) is 0.730. The molecular formula is C15H26N2O. The van der Waals surface area contributed by atoms with Gasteiger partial charge in [0, 0.05) is 24.8 Å². The van der Waals surface area contributed by atoms with Crippen LogP contribution in [0.2, 0.25) is 0 Å². The normalized spacial score (nSPS) is 14.3. The molecule has 0 amide bonds. The molecule has 0 saturated heterocycles. The number of benzene rings is 1. The van der Waals surface area contributed by atoms with Crippen LogP contribution in [0.15, 0.2) is 24.3 Å². The summed E-state index contributed by atoms with van der Waals surface area (Å²) in [5.74, 6) is 0. The average Bonchev–Trinajstić information content (AvgIpc) is 2.34. The van der Waals surface area contributed by atoms with E-state index in [0.29, 0.717) is 0 Å². The van der Waals surface area contributed by atoms with Crippen molar-refractivity contribution in [3.8, 4) is 0 Å². The smallest absolute Gasteiger partial charge is 0.0608 e. The molecule has 0 aromatic heterocycles. The number of aryl methyl sites for hydroxylation is 1. The number of unbranched alkanes of at least 4 members (excludes halogenated alkanes) is 1. The Kier molecular flexibility index (Phi) is 5.63. The van der Waals surface area contributed by atoms with E-state index in [2.05, 4.69) is 43.1 Å². The summed E-state index contributed by atoms with van der Waals surface area (Å²) in [5, 5.41) is 9.08. The van der Waals surface area contributed by atoms with Gasteiger partial charge >= 0.3 is 0 Å². The zero-order valence-electron chi connectivity index (χ0n) is 11.8. The molecule has 0 aliphatic carbocycles. The molecule has 1 aromatic rings. The minimum absolute atomic E-state index is 0.0563. The van der Waals surface area contributed by atoms with E-state index in [1.54, 1.807) is 0 Å². The van der Waals surface area contributed by atoms with Gasteiger partial charge in [0.05, 0.1) is 6.61 Å². The largest absolute Gasteiger partial charge is 0.394 e. The van der Waals surface area contributed by atoms with Crippen LogP contribution in [-0.4, -0.2) is 30.8 Å². The summed E-state index contributed by atoms with van der Waals surface area (Å²) in [4.78, 5) is 2.26. The third kappa shape index (κ3) is 5.07. The van der Waals surface area contributed by atoms with Gasteiger partial charge in [-0.2, -0.15) is 0 Å².